The van der Waals surface area contributed by atoms with Crippen molar-refractivity contribution >= 4 is 17.3 Å². The van der Waals surface area contributed by atoms with E-state index >= 15 is 0 Å². The Morgan fingerprint density at radius 1 is 1.12 bits per heavy atom. The van der Waals surface area contributed by atoms with E-state index in [1.54, 1.807) is 0 Å². The van der Waals surface area contributed by atoms with E-state index < -0.39 is 0 Å². The Bertz CT molecular complexity index is 703. The van der Waals surface area contributed by atoms with Crippen LogP contribution in [0, 0.1) is 11.8 Å². The van der Waals surface area contributed by atoms with Gasteiger partial charge in [0.25, 0.3) is 0 Å². The fourth-order valence-electron chi connectivity index (χ4n) is 4.69. The Morgan fingerprint density at radius 3 is 2.50 bits per heavy atom. The van der Waals surface area contributed by atoms with Gasteiger partial charge in [-0.3, -0.25) is 9.79 Å². The van der Waals surface area contributed by atoms with Gasteiger partial charge in [-0.1, -0.05) is 24.8 Å². The molecule has 0 bridgehead atoms. The normalized spacial score (nSPS) is 27.1. The summed E-state index contributed by atoms with van der Waals surface area (Å²) in [5.74, 6) is 1.41. The van der Waals surface area contributed by atoms with E-state index in [-0.39, 0.29) is 5.91 Å². The maximum atomic E-state index is 12.5. The Labute approximate surface area is 156 Å². The van der Waals surface area contributed by atoms with Gasteiger partial charge in [-0.05, 0) is 56.6 Å². The second-order valence-electron chi connectivity index (χ2n) is 8.04. The molecule has 3 heterocycles. The molecule has 2 saturated heterocycles. The van der Waals surface area contributed by atoms with Gasteiger partial charge < -0.3 is 9.80 Å². The van der Waals surface area contributed by atoms with E-state index in [2.05, 4.69) is 18.4 Å². The predicted octanol–water partition coefficient (Wildman–Crippen LogP) is 3.89. The van der Waals surface area contributed by atoms with Gasteiger partial charge in [-0.15, -0.1) is 0 Å². The summed E-state index contributed by atoms with van der Waals surface area (Å²) in [6.07, 6.45) is 5.24. The molecule has 0 spiro atoms. The van der Waals surface area contributed by atoms with E-state index in [0.29, 0.717) is 24.3 Å². The van der Waals surface area contributed by atoms with E-state index in [4.69, 9.17) is 4.99 Å². The fraction of sp³-hybridized carbons (Fsp3) is 0.545. The number of allylic oxidation sites excluding steroid dienone is 1. The number of aliphatic imine (C=N–C) groups is 1. The molecule has 1 amide bonds. The summed E-state index contributed by atoms with van der Waals surface area (Å²) in [7, 11) is 0. The van der Waals surface area contributed by atoms with Gasteiger partial charge in [0.2, 0.25) is 5.91 Å². The first-order chi connectivity index (χ1) is 12.6. The predicted molar refractivity (Wildman–Crippen MR) is 106 cm³/mol. The van der Waals surface area contributed by atoms with Gasteiger partial charge in [0.05, 0.1) is 11.4 Å². The molecule has 4 heteroatoms. The largest absolute Gasteiger partial charge is 0.371 e. The molecule has 2 fully saturated rings. The SMILES string of the molecule is C=C(C1=NC(C)CC1)N1CCC(C2CC(=O)N(c3ccccc3)C2)CC1. The summed E-state index contributed by atoms with van der Waals surface area (Å²) in [4.78, 5) is 21.6. The van der Waals surface area contributed by atoms with Crippen LogP contribution in [0.25, 0.3) is 0 Å². The van der Waals surface area contributed by atoms with E-state index in [1.807, 2.05) is 35.2 Å². The van der Waals surface area contributed by atoms with Crippen molar-refractivity contribution in [2.24, 2.45) is 16.8 Å². The minimum atomic E-state index is 0.280. The van der Waals surface area contributed by atoms with Crippen molar-refractivity contribution in [3.05, 3.63) is 42.6 Å². The second kappa shape index (κ2) is 7.26. The van der Waals surface area contributed by atoms with Gasteiger partial charge in [0.15, 0.2) is 0 Å². The highest BCUT2D eigenvalue weighted by molar-refractivity contribution is 6.00. The van der Waals surface area contributed by atoms with Crippen molar-refractivity contribution in [2.45, 2.75) is 45.1 Å². The van der Waals surface area contributed by atoms with Crippen LogP contribution in [0.2, 0.25) is 0 Å². The van der Waals surface area contributed by atoms with Crippen molar-refractivity contribution in [3.8, 4) is 0 Å². The Morgan fingerprint density at radius 2 is 1.85 bits per heavy atom. The van der Waals surface area contributed by atoms with E-state index in [1.165, 1.54) is 5.71 Å². The zero-order valence-electron chi connectivity index (χ0n) is 15.7. The molecule has 0 saturated carbocycles. The van der Waals surface area contributed by atoms with Crippen LogP contribution in [0.3, 0.4) is 0 Å². The quantitative estimate of drug-likeness (QED) is 0.825. The number of rotatable bonds is 4. The highest BCUT2D eigenvalue weighted by Gasteiger charge is 2.37. The number of carbonyl (C=O) groups is 1. The number of likely N-dealkylation sites (tertiary alicyclic amines) is 1. The zero-order valence-corrected chi connectivity index (χ0v) is 15.7. The summed E-state index contributed by atoms with van der Waals surface area (Å²) >= 11 is 0. The number of carbonyl (C=O) groups excluding carboxylic acids is 1. The third-order valence-electron chi connectivity index (χ3n) is 6.32. The van der Waals surface area contributed by atoms with Crippen LogP contribution in [0.5, 0.6) is 0 Å². The fourth-order valence-corrected chi connectivity index (χ4v) is 4.69. The van der Waals surface area contributed by atoms with Gasteiger partial charge >= 0.3 is 0 Å². The summed E-state index contributed by atoms with van der Waals surface area (Å²) in [6, 6.07) is 10.5. The van der Waals surface area contributed by atoms with Crippen LogP contribution in [-0.4, -0.2) is 42.2 Å². The molecule has 4 rings (SSSR count). The molecule has 138 valence electrons. The van der Waals surface area contributed by atoms with Crippen molar-refractivity contribution in [3.63, 3.8) is 0 Å². The van der Waals surface area contributed by atoms with Crippen LogP contribution in [0.1, 0.15) is 39.0 Å². The molecule has 0 radical (unpaired) electrons. The van der Waals surface area contributed by atoms with Crippen molar-refractivity contribution in [2.75, 3.05) is 24.5 Å². The highest BCUT2D eigenvalue weighted by Crippen LogP contribution is 2.35. The minimum Gasteiger partial charge on any atom is -0.371 e. The smallest absolute Gasteiger partial charge is 0.227 e. The van der Waals surface area contributed by atoms with Gasteiger partial charge in [-0.2, -0.15) is 0 Å². The average Bonchev–Trinajstić information content (AvgIpc) is 3.28. The first kappa shape index (κ1) is 17.3. The summed E-state index contributed by atoms with van der Waals surface area (Å²) in [5.41, 5.74) is 3.39. The molecule has 4 nitrogen and oxygen atoms in total. The summed E-state index contributed by atoms with van der Waals surface area (Å²) in [5, 5.41) is 0. The summed E-state index contributed by atoms with van der Waals surface area (Å²) in [6.45, 7) is 9.47. The van der Waals surface area contributed by atoms with Crippen LogP contribution in [0.4, 0.5) is 5.69 Å². The van der Waals surface area contributed by atoms with Crippen molar-refractivity contribution in [1.29, 1.82) is 0 Å². The lowest BCUT2D eigenvalue weighted by atomic mass is 9.83. The highest BCUT2D eigenvalue weighted by atomic mass is 16.2. The van der Waals surface area contributed by atoms with E-state index in [9.17, 15) is 4.79 Å². The topological polar surface area (TPSA) is 35.9 Å². The van der Waals surface area contributed by atoms with Crippen LogP contribution in [-0.2, 0) is 4.79 Å². The van der Waals surface area contributed by atoms with Crippen LogP contribution < -0.4 is 4.90 Å². The maximum absolute atomic E-state index is 12.5. The number of nitrogens with zero attached hydrogens (tertiary/aromatic N) is 3. The minimum absolute atomic E-state index is 0.280. The van der Waals surface area contributed by atoms with Gasteiger partial charge in [0.1, 0.15) is 0 Å². The third-order valence-corrected chi connectivity index (χ3v) is 6.32. The first-order valence-electron chi connectivity index (χ1n) is 9.98. The number of amides is 1. The Hall–Kier alpha value is -2.10. The lowest BCUT2D eigenvalue weighted by molar-refractivity contribution is -0.117. The molecule has 1 aromatic carbocycles. The number of benzene rings is 1. The molecule has 0 aliphatic carbocycles. The molecule has 2 unspecified atom stereocenters. The van der Waals surface area contributed by atoms with Crippen molar-refractivity contribution < 1.29 is 4.79 Å². The molecule has 3 aliphatic heterocycles. The van der Waals surface area contributed by atoms with Crippen LogP contribution >= 0.6 is 0 Å². The van der Waals surface area contributed by atoms with Crippen molar-refractivity contribution in [1.82, 2.24) is 4.90 Å². The lowest BCUT2D eigenvalue weighted by Gasteiger charge is -2.37. The molecule has 1 aromatic rings. The number of anilines is 1. The molecular weight excluding hydrogens is 322 g/mol. The Kier molecular flexibility index (Phi) is 4.84. The first-order valence-corrected chi connectivity index (χ1v) is 9.98. The number of para-hydroxylation sites is 1. The standard InChI is InChI=1S/C22H29N3O/c1-16-8-9-21(23-16)17(2)24-12-10-18(11-13-24)19-14-22(26)25(15-19)20-6-4-3-5-7-20/h3-7,16,18-19H,2,8-15H2,1H3. The average molecular weight is 351 g/mol. The number of hydrogen-bond acceptors (Lipinski definition) is 3. The zero-order chi connectivity index (χ0) is 18.1. The number of piperidine rings is 1. The third kappa shape index (κ3) is 3.42. The molecule has 3 aliphatic rings. The molecule has 0 aromatic heterocycles. The molecule has 2 atom stereocenters. The van der Waals surface area contributed by atoms with Crippen LogP contribution in [0.15, 0.2) is 47.6 Å². The second-order valence-corrected chi connectivity index (χ2v) is 8.04. The molecular formula is C22H29N3O. The monoisotopic (exact) mass is 351 g/mol. The lowest BCUT2D eigenvalue weighted by Crippen LogP contribution is -2.37. The summed E-state index contributed by atoms with van der Waals surface area (Å²) < 4.78 is 0. The maximum Gasteiger partial charge on any atom is 0.227 e. The number of hydrogen-bond donors (Lipinski definition) is 0. The van der Waals surface area contributed by atoms with Gasteiger partial charge in [-0.25, -0.2) is 0 Å². The molecule has 0 N–H and O–H groups in total. The van der Waals surface area contributed by atoms with E-state index in [0.717, 1.165) is 56.7 Å². The Balaban J connectivity index is 1.33. The van der Waals surface area contributed by atoms with Gasteiger partial charge in [0, 0.05) is 37.8 Å². The molecule has 26 heavy (non-hydrogen) atoms.